The second-order valence-corrected chi connectivity index (χ2v) is 8.44. The Morgan fingerprint density at radius 3 is 2.55 bits per heavy atom. The van der Waals surface area contributed by atoms with Crippen molar-refractivity contribution in [3.8, 4) is 5.75 Å². The van der Waals surface area contributed by atoms with E-state index in [1.165, 1.54) is 24.1 Å². The average molecular weight is 392 g/mol. The van der Waals surface area contributed by atoms with Gasteiger partial charge in [-0.2, -0.15) is 0 Å². The van der Waals surface area contributed by atoms with E-state index in [1.54, 1.807) is 0 Å². The van der Waals surface area contributed by atoms with Gasteiger partial charge in [0, 0.05) is 44.1 Å². The van der Waals surface area contributed by atoms with Crippen molar-refractivity contribution in [3.05, 3.63) is 53.6 Å². The Balaban J connectivity index is 1.03. The quantitative estimate of drug-likeness (QED) is 0.732. The van der Waals surface area contributed by atoms with Gasteiger partial charge in [0.1, 0.15) is 5.75 Å². The van der Waals surface area contributed by atoms with Crippen molar-refractivity contribution in [1.82, 2.24) is 4.90 Å². The van der Waals surface area contributed by atoms with E-state index in [0.29, 0.717) is 13.0 Å². The molecule has 0 aromatic heterocycles. The number of fused-ring (bicyclic) bond motifs is 1. The first kappa shape index (κ1) is 18.5. The molecule has 1 saturated heterocycles. The number of hydrogen-bond acceptors (Lipinski definition) is 4. The zero-order valence-electron chi connectivity index (χ0n) is 16.9. The maximum absolute atomic E-state index is 11.4. The Hall–Kier alpha value is -2.53. The number of benzene rings is 2. The van der Waals surface area contributed by atoms with Crippen molar-refractivity contribution in [1.29, 1.82) is 0 Å². The predicted octanol–water partition coefficient (Wildman–Crippen LogP) is 3.65. The van der Waals surface area contributed by atoms with E-state index >= 15 is 0 Å². The summed E-state index contributed by atoms with van der Waals surface area (Å²) in [6.45, 7) is 6.18. The number of piperazine rings is 1. The van der Waals surface area contributed by atoms with Gasteiger partial charge < -0.3 is 15.0 Å². The molecule has 5 rings (SSSR count). The zero-order chi connectivity index (χ0) is 19.6. The van der Waals surface area contributed by atoms with Crippen LogP contribution in [0.4, 0.5) is 11.4 Å². The summed E-state index contributed by atoms with van der Waals surface area (Å²) in [4.78, 5) is 16.5. The molecule has 5 nitrogen and oxygen atoms in total. The molecule has 0 spiro atoms. The number of ether oxygens (including phenoxy) is 1. The molecule has 0 radical (unpaired) electrons. The van der Waals surface area contributed by atoms with Gasteiger partial charge in [-0.05, 0) is 66.6 Å². The molecule has 0 bridgehead atoms. The van der Waals surface area contributed by atoms with Gasteiger partial charge in [-0.1, -0.05) is 12.1 Å². The van der Waals surface area contributed by atoms with Crippen molar-refractivity contribution in [3.63, 3.8) is 0 Å². The molecule has 0 unspecified atom stereocenters. The molecular weight excluding hydrogens is 362 g/mol. The number of carbonyl (C=O) groups excluding carboxylic acids is 1. The minimum Gasteiger partial charge on any atom is -0.494 e. The van der Waals surface area contributed by atoms with Crippen LogP contribution in [0.2, 0.25) is 0 Å². The van der Waals surface area contributed by atoms with Crippen molar-refractivity contribution in [2.24, 2.45) is 0 Å². The molecule has 152 valence electrons. The molecular formula is C24H29N3O2. The number of rotatable bonds is 7. The first-order valence-corrected chi connectivity index (χ1v) is 10.9. The highest BCUT2D eigenvalue weighted by atomic mass is 16.5. The van der Waals surface area contributed by atoms with Gasteiger partial charge >= 0.3 is 0 Å². The maximum Gasteiger partial charge on any atom is 0.228 e. The molecule has 2 aromatic carbocycles. The molecule has 0 atom stereocenters. The number of anilines is 2. The van der Waals surface area contributed by atoms with Crippen molar-refractivity contribution >= 4 is 17.3 Å². The van der Waals surface area contributed by atoms with Gasteiger partial charge in [0.15, 0.2) is 0 Å². The van der Waals surface area contributed by atoms with E-state index in [-0.39, 0.29) is 5.91 Å². The molecule has 2 fully saturated rings. The van der Waals surface area contributed by atoms with Gasteiger partial charge in [-0.3, -0.25) is 9.69 Å². The number of nitrogens with zero attached hydrogens (tertiary/aromatic N) is 2. The van der Waals surface area contributed by atoms with Crippen LogP contribution in [-0.4, -0.2) is 50.1 Å². The summed E-state index contributed by atoms with van der Waals surface area (Å²) in [5.41, 5.74) is 4.83. The van der Waals surface area contributed by atoms with Crippen LogP contribution in [0.1, 0.15) is 36.3 Å². The molecule has 5 heteroatoms. The van der Waals surface area contributed by atoms with Crippen molar-refractivity contribution in [2.45, 2.75) is 31.6 Å². The van der Waals surface area contributed by atoms with E-state index in [0.717, 1.165) is 62.1 Å². The summed E-state index contributed by atoms with van der Waals surface area (Å²) in [6, 6.07) is 15.1. The highest BCUT2D eigenvalue weighted by Gasteiger charge is 2.24. The van der Waals surface area contributed by atoms with Crippen LogP contribution < -0.4 is 15.0 Å². The number of nitrogens with one attached hydrogen (secondary N) is 1. The Morgan fingerprint density at radius 1 is 1.00 bits per heavy atom. The van der Waals surface area contributed by atoms with Crippen LogP contribution >= 0.6 is 0 Å². The van der Waals surface area contributed by atoms with Crippen molar-refractivity contribution < 1.29 is 9.53 Å². The summed E-state index contributed by atoms with van der Waals surface area (Å²) < 4.78 is 5.91. The van der Waals surface area contributed by atoms with Crippen LogP contribution in [0.25, 0.3) is 0 Å². The summed E-state index contributed by atoms with van der Waals surface area (Å²) >= 11 is 0. The van der Waals surface area contributed by atoms with Crippen LogP contribution in [0, 0.1) is 0 Å². The Morgan fingerprint density at radius 2 is 1.79 bits per heavy atom. The summed E-state index contributed by atoms with van der Waals surface area (Å²) in [7, 11) is 0. The maximum atomic E-state index is 11.4. The lowest BCUT2D eigenvalue weighted by atomic mass is 10.1. The highest BCUT2D eigenvalue weighted by molar-refractivity contribution is 5.99. The second-order valence-electron chi connectivity index (χ2n) is 8.44. The molecule has 1 aliphatic carbocycles. The average Bonchev–Trinajstić information content (AvgIpc) is 3.53. The molecule has 1 amide bonds. The first-order valence-electron chi connectivity index (χ1n) is 10.9. The monoisotopic (exact) mass is 391 g/mol. The van der Waals surface area contributed by atoms with Crippen molar-refractivity contribution in [2.75, 3.05) is 49.5 Å². The molecule has 1 saturated carbocycles. The van der Waals surface area contributed by atoms with Crippen LogP contribution in [0.5, 0.6) is 5.75 Å². The fourth-order valence-electron chi connectivity index (χ4n) is 4.38. The Labute approximate surface area is 172 Å². The SMILES string of the molecule is O=C1Cc2cc(OCCCN3CCN(c4ccc(C5CC5)cc4)CC3)ccc2N1. The van der Waals surface area contributed by atoms with E-state index < -0.39 is 0 Å². The van der Waals surface area contributed by atoms with Gasteiger partial charge in [-0.25, -0.2) is 0 Å². The molecule has 2 aliphatic heterocycles. The third kappa shape index (κ3) is 4.40. The van der Waals surface area contributed by atoms with E-state index in [1.807, 2.05) is 18.2 Å². The van der Waals surface area contributed by atoms with E-state index in [4.69, 9.17) is 4.74 Å². The fourth-order valence-corrected chi connectivity index (χ4v) is 4.38. The third-order valence-corrected chi connectivity index (χ3v) is 6.27. The van der Waals surface area contributed by atoms with Gasteiger partial charge in [0.25, 0.3) is 0 Å². The van der Waals surface area contributed by atoms with Crippen LogP contribution in [0.3, 0.4) is 0 Å². The van der Waals surface area contributed by atoms with Crippen LogP contribution in [-0.2, 0) is 11.2 Å². The predicted molar refractivity (Wildman–Crippen MR) is 116 cm³/mol. The molecule has 2 aromatic rings. The summed E-state index contributed by atoms with van der Waals surface area (Å²) in [6.07, 6.45) is 4.21. The van der Waals surface area contributed by atoms with Gasteiger partial charge in [0.05, 0.1) is 13.0 Å². The lowest BCUT2D eigenvalue weighted by Crippen LogP contribution is -2.46. The zero-order valence-corrected chi connectivity index (χ0v) is 16.9. The summed E-state index contributed by atoms with van der Waals surface area (Å²) in [5.74, 6) is 1.76. The Bertz CT molecular complexity index is 868. The molecule has 29 heavy (non-hydrogen) atoms. The minimum atomic E-state index is 0.0650. The Kier molecular flexibility index (Phi) is 5.15. The summed E-state index contributed by atoms with van der Waals surface area (Å²) in [5, 5.41) is 2.86. The minimum absolute atomic E-state index is 0.0650. The standard InChI is InChI=1S/C24H29N3O2/c28-24-17-20-16-22(8-9-23(20)25-24)29-15-1-10-26-11-13-27(14-12-26)21-6-4-19(5-7-21)18-2-3-18/h4-9,16,18H,1-3,10-15,17H2,(H,25,28). The number of hydrogen-bond donors (Lipinski definition) is 1. The largest absolute Gasteiger partial charge is 0.494 e. The lowest BCUT2D eigenvalue weighted by molar-refractivity contribution is -0.115. The topological polar surface area (TPSA) is 44.8 Å². The number of amides is 1. The number of carbonyl (C=O) groups is 1. The normalized spacial score (nSPS) is 19.2. The first-order chi connectivity index (χ1) is 14.2. The fraction of sp³-hybridized carbons (Fsp3) is 0.458. The molecule has 2 heterocycles. The highest BCUT2D eigenvalue weighted by Crippen LogP contribution is 2.40. The smallest absolute Gasteiger partial charge is 0.228 e. The second kappa shape index (κ2) is 8.07. The van der Waals surface area contributed by atoms with Gasteiger partial charge in [-0.15, -0.1) is 0 Å². The molecule has 1 N–H and O–H groups in total. The van der Waals surface area contributed by atoms with Gasteiger partial charge in [0.2, 0.25) is 5.91 Å². The van der Waals surface area contributed by atoms with E-state index in [9.17, 15) is 4.79 Å². The molecule has 3 aliphatic rings. The van der Waals surface area contributed by atoms with Crippen LogP contribution in [0.15, 0.2) is 42.5 Å². The van der Waals surface area contributed by atoms with E-state index in [2.05, 4.69) is 39.4 Å². The third-order valence-electron chi connectivity index (χ3n) is 6.27. The lowest BCUT2D eigenvalue weighted by Gasteiger charge is -2.36.